The SMILES string of the molecule is CC(=O)c1c[nH]c(C(=O)NNC(=O)C(C)Oc2cccc(C)c2C)c1. The van der Waals surface area contributed by atoms with Gasteiger partial charge in [-0.3, -0.25) is 25.2 Å². The van der Waals surface area contributed by atoms with E-state index in [9.17, 15) is 14.4 Å². The second kappa shape index (κ2) is 7.65. The van der Waals surface area contributed by atoms with Crippen molar-refractivity contribution in [2.24, 2.45) is 0 Å². The van der Waals surface area contributed by atoms with Crippen LogP contribution in [0.5, 0.6) is 5.75 Å². The molecule has 1 heterocycles. The molecule has 0 aliphatic heterocycles. The highest BCUT2D eigenvalue weighted by atomic mass is 16.5. The van der Waals surface area contributed by atoms with Gasteiger partial charge in [0.15, 0.2) is 11.9 Å². The third kappa shape index (κ3) is 4.47. The Kier molecular flexibility index (Phi) is 5.59. The number of ketones is 1. The summed E-state index contributed by atoms with van der Waals surface area (Å²) in [6.07, 6.45) is 0.642. The van der Waals surface area contributed by atoms with Crippen LogP contribution >= 0.6 is 0 Å². The van der Waals surface area contributed by atoms with Gasteiger partial charge in [-0.15, -0.1) is 0 Å². The number of rotatable bonds is 5. The minimum Gasteiger partial charge on any atom is -0.481 e. The molecule has 1 aromatic carbocycles. The van der Waals surface area contributed by atoms with Crippen LogP contribution in [-0.4, -0.2) is 28.7 Å². The monoisotopic (exact) mass is 343 g/mol. The Morgan fingerprint density at radius 3 is 2.52 bits per heavy atom. The molecule has 2 aromatic rings. The highest BCUT2D eigenvalue weighted by molar-refractivity contribution is 5.99. The minimum absolute atomic E-state index is 0.158. The van der Waals surface area contributed by atoms with Gasteiger partial charge in [-0.1, -0.05) is 12.1 Å². The van der Waals surface area contributed by atoms with E-state index in [4.69, 9.17) is 4.74 Å². The Balaban J connectivity index is 1.91. The first-order valence-corrected chi connectivity index (χ1v) is 7.82. The summed E-state index contributed by atoms with van der Waals surface area (Å²) in [6, 6.07) is 7.01. The number of nitrogens with one attached hydrogen (secondary N) is 3. The molecule has 0 aliphatic carbocycles. The molecule has 2 amide bonds. The molecule has 1 unspecified atom stereocenters. The van der Waals surface area contributed by atoms with Gasteiger partial charge in [-0.2, -0.15) is 0 Å². The van der Waals surface area contributed by atoms with E-state index in [1.807, 2.05) is 26.0 Å². The van der Waals surface area contributed by atoms with E-state index in [0.29, 0.717) is 11.3 Å². The van der Waals surface area contributed by atoms with E-state index in [0.717, 1.165) is 11.1 Å². The van der Waals surface area contributed by atoms with Crippen molar-refractivity contribution in [1.29, 1.82) is 0 Å². The topological polar surface area (TPSA) is 100 Å². The van der Waals surface area contributed by atoms with E-state index in [1.54, 1.807) is 13.0 Å². The second-order valence-corrected chi connectivity index (χ2v) is 5.76. The first-order chi connectivity index (χ1) is 11.8. The third-order valence-corrected chi connectivity index (χ3v) is 3.86. The standard InChI is InChI=1S/C18H21N3O4/c1-10-6-5-7-16(11(10)2)25-13(4)17(23)20-21-18(24)15-8-14(9-19-15)12(3)22/h5-9,13,19H,1-4H3,(H,20,23)(H,21,24). The Hall–Kier alpha value is -3.09. The average Bonchev–Trinajstić information content (AvgIpc) is 3.06. The van der Waals surface area contributed by atoms with Gasteiger partial charge in [-0.25, -0.2) is 0 Å². The fourth-order valence-electron chi connectivity index (χ4n) is 2.11. The molecule has 0 radical (unpaired) electrons. The number of Topliss-reactive ketones (excluding diaryl/α,β-unsaturated/α-hetero) is 1. The first kappa shape index (κ1) is 18.3. The van der Waals surface area contributed by atoms with Gasteiger partial charge in [0.05, 0.1) is 0 Å². The molecular weight excluding hydrogens is 322 g/mol. The van der Waals surface area contributed by atoms with Crippen LogP contribution in [-0.2, 0) is 4.79 Å². The molecule has 2 rings (SSSR count). The molecule has 0 bridgehead atoms. The van der Waals surface area contributed by atoms with Crippen LogP contribution in [0.3, 0.4) is 0 Å². The van der Waals surface area contributed by atoms with Crippen molar-refractivity contribution in [2.45, 2.75) is 33.8 Å². The largest absolute Gasteiger partial charge is 0.481 e. The number of benzene rings is 1. The molecule has 1 aromatic heterocycles. The van der Waals surface area contributed by atoms with Crippen molar-refractivity contribution in [2.75, 3.05) is 0 Å². The maximum absolute atomic E-state index is 12.1. The molecule has 1 atom stereocenters. The predicted octanol–water partition coefficient (Wildman–Crippen LogP) is 2.06. The number of carbonyl (C=O) groups is 3. The van der Waals surface area contributed by atoms with Crippen molar-refractivity contribution >= 4 is 17.6 Å². The number of aromatic nitrogens is 1. The van der Waals surface area contributed by atoms with E-state index >= 15 is 0 Å². The number of ether oxygens (including phenoxy) is 1. The number of aryl methyl sites for hydroxylation is 1. The molecule has 132 valence electrons. The highest BCUT2D eigenvalue weighted by Crippen LogP contribution is 2.21. The lowest BCUT2D eigenvalue weighted by Gasteiger charge is -2.17. The molecule has 0 saturated carbocycles. The highest BCUT2D eigenvalue weighted by Gasteiger charge is 2.18. The molecule has 0 aliphatic rings. The smallest absolute Gasteiger partial charge is 0.286 e. The zero-order valence-corrected chi connectivity index (χ0v) is 14.6. The molecule has 0 fully saturated rings. The Morgan fingerprint density at radius 2 is 1.88 bits per heavy atom. The van der Waals surface area contributed by atoms with Crippen LogP contribution in [0, 0.1) is 13.8 Å². The molecule has 25 heavy (non-hydrogen) atoms. The van der Waals surface area contributed by atoms with Crippen molar-refractivity contribution in [3.63, 3.8) is 0 Å². The molecule has 0 spiro atoms. The van der Waals surface area contributed by atoms with Crippen molar-refractivity contribution < 1.29 is 19.1 Å². The third-order valence-electron chi connectivity index (χ3n) is 3.86. The minimum atomic E-state index is -0.794. The van der Waals surface area contributed by atoms with Gasteiger partial charge in [0.25, 0.3) is 11.8 Å². The zero-order valence-electron chi connectivity index (χ0n) is 14.6. The molecular formula is C18H21N3O4. The number of amides is 2. The molecule has 3 N–H and O–H groups in total. The molecule has 7 heteroatoms. The van der Waals surface area contributed by atoms with E-state index in [1.165, 1.54) is 19.2 Å². The Morgan fingerprint density at radius 1 is 1.16 bits per heavy atom. The Bertz CT molecular complexity index is 810. The summed E-state index contributed by atoms with van der Waals surface area (Å²) in [5.74, 6) is -0.591. The van der Waals surface area contributed by atoms with Crippen LogP contribution < -0.4 is 15.6 Å². The van der Waals surface area contributed by atoms with E-state index in [-0.39, 0.29) is 11.5 Å². The van der Waals surface area contributed by atoms with Crippen molar-refractivity contribution in [3.05, 3.63) is 52.8 Å². The van der Waals surface area contributed by atoms with Gasteiger partial charge in [0, 0.05) is 11.8 Å². The summed E-state index contributed by atoms with van der Waals surface area (Å²) in [6.45, 7) is 6.86. The lowest BCUT2D eigenvalue weighted by molar-refractivity contribution is -0.128. The van der Waals surface area contributed by atoms with Crippen LogP contribution in [0.4, 0.5) is 0 Å². The number of hydrogen-bond donors (Lipinski definition) is 3. The van der Waals surface area contributed by atoms with Crippen LogP contribution in [0.15, 0.2) is 30.5 Å². The number of hydrazine groups is 1. The number of H-pyrrole nitrogens is 1. The predicted molar refractivity (Wildman–Crippen MR) is 92.4 cm³/mol. The summed E-state index contributed by atoms with van der Waals surface area (Å²) in [7, 11) is 0. The Labute approximate surface area is 145 Å². The number of carbonyl (C=O) groups excluding carboxylic acids is 3. The van der Waals surface area contributed by atoms with Crippen LogP contribution in [0.1, 0.15) is 45.8 Å². The summed E-state index contributed by atoms with van der Waals surface area (Å²) in [4.78, 5) is 37.9. The zero-order chi connectivity index (χ0) is 18.6. The molecule has 0 saturated heterocycles. The maximum Gasteiger partial charge on any atom is 0.286 e. The van der Waals surface area contributed by atoms with Gasteiger partial charge < -0.3 is 9.72 Å². The van der Waals surface area contributed by atoms with Gasteiger partial charge in [-0.05, 0) is 51.0 Å². The summed E-state index contributed by atoms with van der Waals surface area (Å²) >= 11 is 0. The average molecular weight is 343 g/mol. The fourth-order valence-corrected chi connectivity index (χ4v) is 2.11. The lowest BCUT2D eigenvalue weighted by atomic mass is 10.1. The number of hydrogen-bond acceptors (Lipinski definition) is 4. The normalized spacial score (nSPS) is 11.5. The second-order valence-electron chi connectivity index (χ2n) is 5.76. The van der Waals surface area contributed by atoms with E-state index < -0.39 is 17.9 Å². The summed E-state index contributed by atoms with van der Waals surface area (Å²) < 4.78 is 5.65. The van der Waals surface area contributed by atoms with Gasteiger partial charge >= 0.3 is 0 Å². The van der Waals surface area contributed by atoms with Crippen molar-refractivity contribution in [1.82, 2.24) is 15.8 Å². The summed E-state index contributed by atoms with van der Waals surface area (Å²) in [5, 5.41) is 0. The van der Waals surface area contributed by atoms with Crippen molar-refractivity contribution in [3.8, 4) is 5.75 Å². The lowest BCUT2D eigenvalue weighted by Crippen LogP contribution is -2.47. The van der Waals surface area contributed by atoms with Gasteiger partial charge in [0.2, 0.25) is 0 Å². The van der Waals surface area contributed by atoms with Crippen LogP contribution in [0.2, 0.25) is 0 Å². The maximum atomic E-state index is 12.1. The van der Waals surface area contributed by atoms with E-state index in [2.05, 4.69) is 15.8 Å². The summed E-state index contributed by atoms with van der Waals surface area (Å²) in [5.41, 5.74) is 7.17. The fraction of sp³-hybridized carbons (Fsp3) is 0.278. The first-order valence-electron chi connectivity index (χ1n) is 7.82. The quantitative estimate of drug-likeness (QED) is 0.571. The van der Waals surface area contributed by atoms with Gasteiger partial charge in [0.1, 0.15) is 11.4 Å². The molecule has 7 nitrogen and oxygen atoms in total. The van der Waals surface area contributed by atoms with Crippen LogP contribution in [0.25, 0.3) is 0 Å². The number of aromatic amines is 1.